The Hall–Kier alpha value is -4.94. The molecule has 0 saturated heterocycles. The van der Waals surface area contributed by atoms with Crippen molar-refractivity contribution in [3.05, 3.63) is 157 Å². The van der Waals surface area contributed by atoms with E-state index in [1.54, 1.807) is 0 Å². The van der Waals surface area contributed by atoms with Crippen molar-refractivity contribution in [3.8, 4) is 22.3 Å². The lowest BCUT2D eigenvalue weighted by Gasteiger charge is -2.19. The highest BCUT2D eigenvalue weighted by Gasteiger charge is 2.17. The van der Waals surface area contributed by atoms with E-state index >= 15 is 0 Å². The van der Waals surface area contributed by atoms with Gasteiger partial charge < -0.3 is 0 Å². The summed E-state index contributed by atoms with van der Waals surface area (Å²) in [7, 11) is 0. The molecule has 0 bridgehead atoms. The topological polar surface area (TPSA) is 0 Å². The summed E-state index contributed by atoms with van der Waals surface area (Å²) in [5.41, 5.74) is 7.50. The molecule has 0 aromatic heterocycles. The smallest absolute Gasteiger partial charge is 0.00201 e. The van der Waals surface area contributed by atoms with Crippen LogP contribution in [0.2, 0.25) is 0 Å². The largest absolute Gasteiger partial charge is 0.0622 e. The van der Waals surface area contributed by atoms with Gasteiger partial charge in [0, 0.05) is 0 Å². The van der Waals surface area contributed by atoms with Gasteiger partial charge >= 0.3 is 0 Å². The van der Waals surface area contributed by atoms with E-state index in [-0.39, 0.29) is 0 Å². The van der Waals surface area contributed by atoms with Crippen LogP contribution in [0.1, 0.15) is 11.1 Å². The Bertz CT molecular complexity index is 1900. The van der Waals surface area contributed by atoms with E-state index in [0.717, 1.165) is 0 Å². The summed E-state index contributed by atoms with van der Waals surface area (Å²) in [4.78, 5) is 0. The first-order valence-corrected chi connectivity index (χ1v) is 13.1. The van der Waals surface area contributed by atoms with Gasteiger partial charge in [-0.3, -0.25) is 0 Å². The number of rotatable bonds is 4. The predicted molar refractivity (Wildman–Crippen MR) is 165 cm³/mol. The van der Waals surface area contributed by atoms with Crippen molar-refractivity contribution in [1.29, 1.82) is 0 Å². The molecule has 0 aliphatic rings. The van der Waals surface area contributed by atoms with Crippen LogP contribution in [0.5, 0.6) is 0 Å². The van der Waals surface area contributed by atoms with Crippen LogP contribution < -0.4 is 0 Å². The van der Waals surface area contributed by atoms with Gasteiger partial charge in [-0.05, 0) is 71.8 Å². The third-order valence-electron chi connectivity index (χ3n) is 7.43. The Labute approximate surface area is 223 Å². The lowest BCUT2D eigenvalue weighted by molar-refractivity contribution is 1.63. The molecule has 0 N–H and O–H groups in total. The Morgan fingerprint density at radius 3 is 1.55 bits per heavy atom. The van der Waals surface area contributed by atoms with Crippen molar-refractivity contribution in [1.82, 2.24) is 0 Å². The quantitative estimate of drug-likeness (QED) is 0.173. The summed E-state index contributed by atoms with van der Waals surface area (Å²) in [6.45, 7) is 0. The third-order valence-corrected chi connectivity index (χ3v) is 7.43. The average Bonchev–Trinajstić information content (AvgIpc) is 2.99. The zero-order valence-corrected chi connectivity index (χ0v) is 21.0. The summed E-state index contributed by atoms with van der Waals surface area (Å²) in [5.74, 6) is 0. The van der Waals surface area contributed by atoms with Crippen LogP contribution in [0, 0.1) is 0 Å². The van der Waals surface area contributed by atoms with Gasteiger partial charge in [0.05, 0.1) is 0 Å². The minimum atomic E-state index is 1.19. The van der Waals surface area contributed by atoms with Crippen molar-refractivity contribution < 1.29 is 0 Å². The highest BCUT2D eigenvalue weighted by atomic mass is 14.2. The van der Waals surface area contributed by atoms with Crippen LogP contribution in [0.3, 0.4) is 0 Å². The Morgan fingerprint density at radius 2 is 0.842 bits per heavy atom. The Morgan fingerprint density at radius 1 is 0.342 bits per heavy atom. The molecular formula is C38H26. The fraction of sp³-hybridized carbons (Fsp3) is 0. The van der Waals surface area contributed by atoms with Crippen LogP contribution in [0.4, 0.5) is 0 Å². The highest BCUT2D eigenvalue weighted by molar-refractivity contribution is 6.23. The third kappa shape index (κ3) is 3.88. The van der Waals surface area contributed by atoms with E-state index < -0.39 is 0 Å². The van der Waals surface area contributed by atoms with E-state index in [0.29, 0.717) is 0 Å². The van der Waals surface area contributed by atoms with Gasteiger partial charge in [0.15, 0.2) is 0 Å². The minimum Gasteiger partial charge on any atom is -0.0622 e. The zero-order chi connectivity index (χ0) is 25.3. The average molecular weight is 483 g/mol. The molecule has 7 rings (SSSR count). The monoisotopic (exact) mass is 482 g/mol. The number of hydrogen-bond donors (Lipinski definition) is 0. The zero-order valence-electron chi connectivity index (χ0n) is 21.0. The van der Waals surface area contributed by atoms with Crippen molar-refractivity contribution in [2.45, 2.75) is 0 Å². The maximum absolute atomic E-state index is 2.31. The molecule has 0 aliphatic carbocycles. The van der Waals surface area contributed by atoms with E-state index in [9.17, 15) is 0 Å². The predicted octanol–water partition coefficient (Wildman–Crippen LogP) is 10.7. The fourth-order valence-electron chi connectivity index (χ4n) is 5.73. The summed E-state index contributed by atoms with van der Waals surface area (Å²) >= 11 is 0. The van der Waals surface area contributed by atoms with Gasteiger partial charge in [-0.25, -0.2) is 0 Å². The van der Waals surface area contributed by atoms with Crippen molar-refractivity contribution >= 4 is 44.5 Å². The lowest BCUT2D eigenvalue weighted by atomic mass is 9.84. The molecule has 38 heavy (non-hydrogen) atoms. The minimum absolute atomic E-state index is 1.19. The number of hydrogen-bond acceptors (Lipinski definition) is 0. The van der Waals surface area contributed by atoms with Crippen LogP contribution >= 0.6 is 0 Å². The normalized spacial score (nSPS) is 11.6. The fourth-order valence-corrected chi connectivity index (χ4v) is 5.73. The lowest BCUT2D eigenvalue weighted by Crippen LogP contribution is -1.91. The van der Waals surface area contributed by atoms with Gasteiger partial charge in [-0.1, -0.05) is 152 Å². The van der Waals surface area contributed by atoms with Crippen LogP contribution in [-0.2, 0) is 0 Å². The van der Waals surface area contributed by atoms with Gasteiger partial charge in [-0.2, -0.15) is 0 Å². The summed E-state index contributed by atoms with van der Waals surface area (Å²) < 4.78 is 0. The molecular weight excluding hydrogens is 456 g/mol. The highest BCUT2D eigenvalue weighted by Crippen LogP contribution is 2.45. The molecule has 7 aromatic carbocycles. The van der Waals surface area contributed by atoms with E-state index in [1.807, 2.05) is 0 Å². The molecule has 0 aliphatic heterocycles. The first kappa shape index (κ1) is 22.3. The second kappa shape index (κ2) is 9.50. The van der Waals surface area contributed by atoms with Crippen molar-refractivity contribution in [2.24, 2.45) is 0 Å². The second-order valence-electron chi connectivity index (χ2n) is 9.74. The number of fused-ring (bicyclic) bond motifs is 3. The summed E-state index contributed by atoms with van der Waals surface area (Å²) in [5, 5.41) is 7.66. The Balaban J connectivity index is 1.50. The van der Waals surface area contributed by atoms with Crippen molar-refractivity contribution in [3.63, 3.8) is 0 Å². The van der Waals surface area contributed by atoms with Crippen LogP contribution in [-0.4, -0.2) is 0 Å². The first-order valence-electron chi connectivity index (χ1n) is 13.1. The van der Waals surface area contributed by atoms with Gasteiger partial charge in [0.25, 0.3) is 0 Å². The Kier molecular flexibility index (Phi) is 5.57. The maximum Gasteiger partial charge on any atom is -0.00201 e. The van der Waals surface area contributed by atoms with E-state index in [1.165, 1.54) is 65.7 Å². The van der Waals surface area contributed by atoms with Crippen LogP contribution in [0.25, 0.3) is 66.7 Å². The molecule has 0 spiro atoms. The molecule has 0 atom stereocenters. The molecule has 178 valence electrons. The second-order valence-corrected chi connectivity index (χ2v) is 9.74. The van der Waals surface area contributed by atoms with Crippen molar-refractivity contribution in [2.75, 3.05) is 0 Å². The van der Waals surface area contributed by atoms with E-state index in [2.05, 4.69) is 158 Å². The van der Waals surface area contributed by atoms with Gasteiger partial charge in [0.2, 0.25) is 0 Å². The molecule has 0 fully saturated rings. The molecule has 0 unspecified atom stereocenters. The molecule has 0 saturated carbocycles. The maximum atomic E-state index is 2.31. The van der Waals surface area contributed by atoms with Gasteiger partial charge in [0.1, 0.15) is 0 Å². The molecule has 0 heteroatoms. The molecule has 0 nitrogen and oxygen atoms in total. The molecule has 7 aromatic rings. The molecule has 0 amide bonds. The SMILES string of the molecule is C(=Cc1cccc(-c2c3ccccc3c(-c3cccc4ccccc34)c3ccccc23)c1)c1ccccc1. The summed E-state index contributed by atoms with van der Waals surface area (Å²) in [6, 6.07) is 52.5. The molecule has 0 heterocycles. The standard InChI is InChI=1S/C38H26/c1-2-12-27(13-3-1)24-25-28-14-10-17-30(26-28)37-33-19-6-8-21-35(33)38(36-22-9-7-20-34(36)37)32-23-11-16-29-15-4-5-18-31(29)32/h1-26H. The van der Waals surface area contributed by atoms with Crippen LogP contribution in [0.15, 0.2) is 146 Å². The number of benzene rings is 7. The summed E-state index contributed by atoms with van der Waals surface area (Å²) in [6.07, 6.45) is 4.38. The first-order chi connectivity index (χ1) is 18.9. The van der Waals surface area contributed by atoms with Gasteiger partial charge in [-0.15, -0.1) is 0 Å². The molecule has 0 radical (unpaired) electrons. The van der Waals surface area contributed by atoms with E-state index in [4.69, 9.17) is 0 Å².